The van der Waals surface area contributed by atoms with E-state index in [2.05, 4.69) is 16.0 Å². The first kappa shape index (κ1) is 15.4. The highest BCUT2D eigenvalue weighted by molar-refractivity contribution is 5.85. The van der Waals surface area contributed by atoms with Crippen LogP contribution < -0.4 is 0 Å². The number of amides is 1. The smallest absolute Gasteiger partial charge is 0.254 e. The average molecular weight is 303 g/mol. The van der Waals surface area contributed by atoms with Crippen LogP contribution in [0, 0.1) is 0 Å². The van der Waals surface area contributed by atoms with Crippen molar-refractivity contribution < 1.29 is 9.53 Å². The fourth-order valence-corrected chi connectivity index (χ4v) is 3.27. The summed E-state index contributed by atoms with van der Waals surface area (Å²) in [5, 5.41) is 0. The minimum absolute atomic E-state index is 0.171. The lowest BCUT2D eigenvalue weighted by Gasteiger charge is -2.41. The second-order valence-electron chi connectivity index (χ2n) is 6.43. The maximum absolute atomic E-state index is 12.7. The number of hydrogen-bond donors (Lipinski definition) is 0. The Labute approximate surface area is 132 Å². The van der Waals surface area contributed by atoms with Gasteiger partial charge in [0.15, 0.2) is 0 Å². The molecule has 0 N–H and O–H groups in total. The molecule has 2 saturated heterocycles. The van der Waals surface area contributed by atoms with Crippen molar-refractivity contribution in [1.29, 1.82) is 0 Å². The molecule has 5 nitrogen and oxygen atoms in total. The summed E-state index contributed by atoms with van der Waals surface area (Å²) in [4.78, 5) is 21.4. The van der Waals surface area contributed by atoms with Crippen LogP contribution in [0.1, 0.15) is 31.9 Å². The fourth-order valence-electron chi connectivity index (χ4n) is 3.27. The fraction of sp³-hybridized carbons (Fsp3) is 0.647. The van der Waals surface area contributed by atoms with Crippen LogP contribution in [0.4, 0.5) is 0 Å². The normalized spacial score (nSPS) is 26.9. The predicted octanol–water partition coefficient (Wildman–Crippen LogP) is 1.68. The molecule has 0 spiro atoms. The largest absolute Gasteiger partial charge is 0.365 e. The first-order valence-corrected chi connectivity index (χ1v) is 8.23. The summed E-state index contributed by atoms with van der Waals surface area (Å²) in [5.41, 5.74) is 0.492. The molecule has 3 rings (SSSR count). The number of aromatic nitrogens is 1. The number of hydrogen-bond acceptors (Lipinski definition) is 4. The summed E-state index contributed by atoms with van der Waals surface area (Å²) in [7, 11) is 0. The van der Waals surface area contributed by atoms with Gasteiger partial charge in [-0.25, -0.2) is 0 Å². The molecule has 0 radical (unpaired) electrons. The van der Waals surface area contributed by atoms with Crippen LogP contribution in [-0.4, -0.2) is 59.1 Å². The zero-order valence-corrected chi connectivity index (χ0v) is 13.3. The van der Waals surface area contributed by atoms with Crippen LogP contribution >= 0.6 is 0 Å². The molecule has 0 aromatic carbocycles. The van der Waals surface area contributed by atoms with Gasteiger partial charge >= 0.3 is 0 Å². The second-order valence-corrected chi connectivity index (χ2v) is 6.43. The van der Waals surface area contributed by atoms with E-state index in [1.54, 1.807) is 0 Å². The molecule has 1 aromatic heterocycles. The average Bonchev–Trinajstić information content (AvgIpc) is 2.56. The minimum Gasteiger partial charge on any atom is -0.365 e. The number of piperazine rings is 1. The van der Waals surface area contributed by atoms with Crippen molar-refractivity contribution in [2.45, 2.75) is 38.3 Å². The number of carbonyl (C=O) groups excluding carboxylic acids is 1. The van der Waals surface area contributed by atoms with E-state index in [0.717, 1.165) is 57.7 Å². The summed E-state index contributed by atoms with van der Waals surface area (Å²) in [6.07, 6.45) is 4.83. The van der Waals surface area contributed by atoms with Crippen molar-refractivity contribution in [2.75, 3.05) is 32.8 Å². The molecular weight excluding hydrogens is 278 g/mol. The third-order valence-electron chi connectivity index (χ3n) is 4.69. The van der Waals surface area contributed by atoms with Gasteiger partial charge in [-0.1, -0.05) is 6.07 Å². The molecule has 1 amide bonds. The van der Waals surface area contributed by atoms with Gasteiger partial charge in [0.25, 0.3) is 5.91 Å². The molecule has 2 aliphatic rings. The van der Waals surface area contributed by atoms with Gasteiger partial charge in [-0.05, 0) is 38.3 Å². The van der Waals surface area contributed by atoms with Crippen LogP contribution in [0.25, 0.3) is 0 Å². The molecule has 1 aromatic rings. The summed E-state index contributed by atoms with van der Waals surface area (Å²) >= 11 is 0. The van der Waals surface area contributed by atoms with Gasteiger partial charge in [0.2, 0.25) is 0 Å². The molecule has 22 heavy (non-hydrogen) atoms. The monoisotopic (exact) mass is 303 g/mol. The Bertz CT molecular complexity index is 492. The van der Waals surface area contributed by atoms with Gasteiger partial charge in [-0.2, -0.15) is 0 Å². The first-order valence-electron chi connectivity index (χ1n) is 8.23. The van der Waals surface area contributed by atoms with Crippen molar-refractivity contribution in [2.24, 2.45) is 0 Å². The lowest BCUT2D eigenvalue weighted by molar-refractivity contribution is -0.163. The predicted molar refractivity (Wildman–Crippen MR) is 84.3 cm³/mol. The number of ether oxygens (including phenoxy) is 1. The zero-order chi connectivity index (χ0) is 15.4. The van der Waals surface area contributed by atoms with E-state index in [4.69, 9.17) is 4.74 Å². The lowest BCUT2D eigenvalue weighted by Crippen LogP contribution is -2.56. The third kappa shape index (κ3) is 3.47. The summed E-state index contributed by atoms with van der Waals surface area (Å²) < 4.78 is 5.79. The summed E-state index contributed by atoms with van der Waals surface area (Å²) in [5.74, 6) is 0.171. The third-order valence-corrected chi connectivity index (χ3v) is 4.69. The first-order chi connectivity index (χ1) is 10.7. The molecule has 5 heteroatoms. The molecule has 120 valence electrons. The SMILES string of the molecule is CC1(C(=O)N2CCN(Cc3ccccn3)CC2)CCCCO1. The molecule has 0 aliphatic carbocycles. The van der Waals surface area contributed by atoms with Crippen LogP contribution in [0.5, 0.6) is 0 Å². The maximum Gasteiger partial charge on any atom is 0.254 e. The Morgan fingerprint density at radius 1 is 1.27 bits per heavy atom. The van der Waals surface area contributed by atoms with Crippen molar-refractivity contribution in [3.8, 4) is 0 Å². The molecule has 1 atom stereocenters. The molecule has 2 aliphatic heterocycles. The van der Waals surface area contributed by atoms with Crippen LogP contribution in [0.15, 0.2) is 24.4 Å². The lowest BCUT2D eigenvalue weighted by atomic mass is 9.94. The Balaban J connectivity index is 1.52. The topological polar surface area (TPSA) is 45.7 Å². The van der Waals surface area contributed by atoms with Crippen LogP contribution in [0.2, 0.25) is 0 Å². The second kappa shape index (κ2) is 6.75. The molecule has 0 bridgehead atoms. The van der Waals surface area contributed by atoms with E-state index in [9.17, 15) is 4.79 Å². The number of pyridine rings is 1. The molecule has 1 unspecified atom stereocenters. The number of carbonyl (C=O) groups is 1. The summed E-state index contributed by atoms with van der Waals surface area (Å²) in [6.45, 7) is 6.89. The van der Waals surface area contributed by atoms with E-state index in [1.165, 1.54) is 0 Å². The van der Waals surface area contributed by atoms with Gasteiger partial charge in [-0.3, -0.25) is 14.7 Å². The zero-order valence-electron chi connectivity index (χ0n) is 13.3. The highest BCUT2D eigenvalue weighted by atomic mass is 16.5. The number of rotatable bonds is 3. The van der Waals surface area contributed by atoms with Gasteiger partial charge in [0, 0.05) is 45.5 Å². The van der Waals surface area contributed by atoms with Gasteiger partial charge < -0.3 is 9.64 Å². The Morgan fingerprint density at radius 3 is 2.73 bits per heavy atom. The van der Waals surface area contributed by atoms with Gasteiger partial charge in [0.1, 0.15) is 5.60 Å². The van der Waals surface area contributed by atoms with E-state index >= 15 is 0 Å². The van der Waals surface area contributed by atoms with Crippen LogP contribution in [-0.2, 0) is 16.1 Å². The minimum atomic E-state index is -0.596. The van der Waals surface area contributed by atoms with E-state index in [0.29, 0.717) is 6.61 Å². The van der Waals surface area contributed by atoms with Crippen molar-refractivity contribution >= 4 is 5.91 Å². The Morgan fingerprint density at radius 2 is 2.09 bits per heavy atom. The molecule has 0 saturated carbocycles. The van der Waals surface area contributed by atoms with Crippen molar-refractivity contribution in [3.05, 3.63) is 30.1 Å². The Kier molecular flexibility index (Phi) is 4.74. The van der Waals surface area contributed by atoms with Crippen molar-refractivity contribution in [3.63, 3.8) is 0 Å². The quantitative estimate of drug-likeness (QED) is 0.852. The molecule has 2 fully saturated rings. The molecular formula is C17H25N3O2. The highest BCUT2D eigenvalue weighted by Gasteiger charge is 2.39. The maximum atomic E-state index is 12.7. The van der Waals surface area contributed by atoms with E-state index in [-0.39, 0.29) is 5.91 Å². The highest BCUT2D eigenvalue weighted by Crippen LogP contribution is 2.27. The van der Waals surface area contributed by atoms with Gasteiger partial charge in [-0.15, -0.1) is 0 Å². The Hall–Kier alpha value is -1.46. The van der Waals surface area contributed by atoms with Crippen molar-refractivity contribution in [1.82, 2.24) is 14.8 Å². The van der Waals surface area contributed by atoms with E-state index < -0.39 is 5.60 Å². The standard InChI is InChI=1S/C17H25N3O2/c1-17(7-3-5-13-22-17)16(21)20-11-9-19(10-12-20)14-15-6-2-4-8-18-15/h2,4,6,8H,3,5,7,9-14H2,1H3. The summed E-state index contributed by atoms with van der Waals surface area (Å²) in [6, 6.07) is 6.00. The van der Waals surface area contributed by atoms with E-state index in [1.807, 2.05) is 30.2 Å². The number of nitrogens with zero attached hydrogens (tertiary/aromatic N) is 3. The van der Waals surface area contributed by atoms with Gasteiger partial charge in [0.05, 0.1) is 5.69 Å². The van der Waals surface area contributed by atoms with Crippen LogP contribution in [0.3, 0.4) is 0 Å². The molecule has 3 heterocycles.